The highest BCUT2D eigenvalue weighted by Gasteiger charge is 2.11. The maximum atomic E-state index is 11.9. The zero-order valence-electron chi connectivity index (χ0n) is 10.3. The lowest BCUT2D eigenvalue weighted by Gasteiger charge is -2.20. The van der Waals surface area contributed by atoms with Crippen LogP contribution in [0, 0.1) is 0 Å². The van der Waals surface area contributed by atoms with Gasteiger partial charge in [0.15, 0.2) is 0 Å². The Kier molecular flexibility index (Phi) is 6.25. The van der Waals surface area contributed by atoms with Crippen molar-refractivity contribution in [3.63, 3.8) is 0 Å². The van der Waals surface area contributed by atoms with E-state index in [1.54, 1.807) is 17.3 Å². The van der Waals surface area contributed by atoms with Crippen LogP contribution in [-0.4, -0.2) is 40.6 Å². The number of hydrogen-bond donors (Lipinski definition) is 1. The van der Waals surface area contributed by atoms with E-state index < -0.39 is 0 Å². The lowest BCUT2D eigenvalue weighted by molar-refractivity contribution is -0.131. The van der Waals surface area contributed by atoms with Crippen LogP contribution in [-0.2, 0) is 11.2 Å². The van der Waals surface area contributed by atoms with Crippen LogP contribution in [0.4, 0.5) is 0 Å². The lowest BCUT2D eigenvalue weighted by atomic mass is 10.1. The van der Waals surface area contributed by atoms with Gasteiger partial charge < -0.3 is 10.0 Å². The Labute approximate surface area is 102 Å². The molecule has 17 heavy (non-hydrogen) atoms. The molecule has 1 aromatic rings. The second-order valence-electron chi connectivity index (χ2n) is 3.97. The van der Waals surface area contributed by atoms with E-state index in [4.69, 9.17) is 5.11 Å². The molecule has 1 heterocycles. The molecule has 0 aliphatic rings. The number of rotatable bonds is 7. The van der Waals surface area contributed by atoms with Gasteiger partial charge in [-0.1, -0.05) is 13.0 Å². The van der Waals surface area contributed by atoms with Gasteiger partial charge in [0.2, 0.25) is 5.91 Å². The summed E-state index contributed by atoms with van der Waals surface area (Å²) in [6.45, 7) is 3.20. The minimum atomic E-state index is 0.0264. The highest BCUT2D eigenvalue weighted by atomic mass is 16.3. The molecule has 4 heteroatoms. The largest absolute Gasteiger partial charge is 0.395 e. The SMILES string of the molecule is CCCN(CCO)C(=O)CCc1cccnc1. The summed E-state index contributed by atoms with van der Waals surface area (Å²) in [6, 6.07) is 3.84. The smallest absolute Gasteiger partial charge is 0.222 e. The van der Waals surface area contributed by atoms with Crippen LogP contribution in [0.5, 0.6) is 0 Å². The average molecular weight is 236 g/mol. The van der Waals surface area contributed by atoms with Gasteiger partial charge in [0.25, 0.3) is 0 Å². The Hall–Kier alpha value is -1.42. The number of aryl methyl sites for hydroxylation is 1. The topological polar surface area (TPSA) is 53.4 Å². The van der Waals surface area contributed by atoms with Crippen LogP contribution in [0.1, 0.15) is 25.3 Å². The van der Waals surface area contributed by atoms with Crippen LogP contribution >= 0.6 is 0 Å². The number of aliphatic hydroxyl groups is 1. The quantitative estimate of drug-likeness (QED) is 0.775. The van der Waals surface area contributed by atoms with Crippen molar-refractivity contribution in [3.05, 3.63) is 30.1 Å². The molecule has 0 aliphatic carbocycles. The fourth-order valence-corrected chi connectivity index (χ4v) is 1.71. The summed E-state index contributed by atoms with van der Waals surface area (Å²) in [5, 5.41) is 8.89. The Morgan fingerprint density at radius 1 is 1.47 bits per heavy atom. The van der Waals surface area contributed by atoms with Gasteiger partial charge in [0, 0.05) is 31.9 Å². The van der Waals surface area contributed by atoms with Gasteiger partial charge in [0.05, 0.1) is 6.61 Å². The van der Waals surface area contributed by atoms with Crippen LogP contribution in [0.15, 0.2) is 24.5 Å². The summed E-state index contributed by atoms with van der Waals surface area (Å²) >= 11 is 0. The van der Waals surface area contributed by atoms with E-state index >= 15 is 0 Å². The van der Waals surface area contributed by atoms with Crippen molar-refractivity contribution in [2.75, 3.05) is 19.7 Å². The number of amides is 1. The Balaban J connectivity index is 2.41. The van der Waals surface area contributed by atoms with Gasteiger partial charge in [-0.2, -0.15) is 0 Å². The second kappa shape index (κ2) is 7.79. The fourth-order valence-electron chi connectivity index (χ4n) is 1.71. The van der Waals surface area contributed by atoms with E-state index in [0.29, 0.717) is 25.9 Å². The molecule has 4 nitrogen and oxygen atoms in total. The number of aromatic nitrogens is 1. The number of pyridine rings is 1. The molecule has 0 fully saturated rings. The van der Waals surface area contributed by atoms with Crippen molar-refractivity contribution < 1.29 is 9.90 Å². The predicted octanol–water partition coefficient (Wildman–Crippen LogP) is 1.25. The molecule has 0 aliphatic heterocycles. The van der Waals surface area contributed by atoms with Crippen molar-refractivity contribution in [3.8, 4) is 0 Å². The summed E-state index contributed by atoms with van der Waals surface area (Å²) in [6.07, 6.45) is 5.60. The lowest BCUT2D eigenvalue weighted by Crippen LogP contribution is -2.34. The third-order valence-electron chi connectivity index (χ3n) is 2.57. The van der Waals surface area contributed by atoms with Crippen molar-refractivity contribution in [2.45, 2.75) is 26.2 Å². The van der Waals surface area contributed by atoms with Gasteiger partial charge in [-0.05, 0) is 24.5 Å². The second-order valence-corrected chi connectivity index (χ2v) is 3.97. The van der Waals surface area contributed by atoms with Crippen molar-refractivity contribution >= 4 is 5.91 Å². The first-order valence-corrected chi connectivity index (χ1v) is 6.05. The van der Waals surface area contributed by atoms with Crippen LogP contribution in [0.3, 0.4) is 0 Å². The third-order valence-corrected chi connectivity index (χ3v) is 2.57. The highest BCUT2D eigenvalue weighted by molar-refractivity contribution is 5.76. The van der Waals surface area contributed by atoms with E-state index in [2.05, 4.69) is 4.98 Å². The van der Waals surface area contributed by atoms with Crippen molar-refractivity contribution in [1.82, 2.24) is 9.88 Å². The summed E-state index contributed by atoms with van der Waals surface area (Å²) in [5.74, 6) is 0.102. The monoisotopic (exact) mass is 236 g/mol. The maximum absolute atomic E-state index is 11.9. The molecule has 0 saturated carbocycles. The zero-order chi connectivity index (χ0) is 12.5. The van der Waals surface area contributed by atoms with Crippen molar-refractivity contribution in [2.24, 2.45) is 0 Å². The van der Waals surface area contributed by atoms with Crippen LogP contribution in [0.25, 0.3) is 0 Å². The molecule has 1 amide bonds. The molecule has 0 bridgehead atoms. The maximum Gasteiger partial charge on any atom is 0.222 e. The molecule has 1 rings (SSSR count). The van der Waals surface area contributed by atoms with E-state index in [9.17, 15) is 4.79 Å². The first kappa shape index (κ1) is 13.6. The highest BCUT2D eigenvalue weighted by Crippen LogP contribution is 2.04. The van der Waals surface area contributed by atoms with Gasteiger partial charge in [-0.15, -0.1) is 0 Å². The first-order chi connectivity index (χ1) is 8.27. The van der Waals surface area contributed by atoms with E-state index in [1.165, 1.54) is 0 Å². The van der Waals surface area contributed by atoms with E-state index in [1.807, 2.05) is 19.1 Å². The molecular formula is C13H20N2O2. The summed E-state index contributed by atoms with van der Waals surface area (Å²) in [4.78, 5) is 17.6. The van der Waals surface area contributed by atoms with Gasteiger partial charge in [-0.25, -0.2) is 0 Å². The first-order valence-electron chi connectivity index (χ1n) is 6.05. The number of carbonyl (C=O) groups excluding carboxylic acids is 1. The molecule has 0 aromatic carbocycles. The summed E-state index contributed by atoms with van der Waals surface area (Å²) in [7, 11) is 0. The summed E-state index contributed by atoms with van der Waals surface area (Å²) in [5.41, 5.74) is 1.07. The average Bonchev–Trinajstić information content (AvgIpc) is 2.37. The molecule has 0 spiro atoms. The van der Waals surface area contributed by atoms with E-state index in [0.717, 1.165) is 12.0 Å². The standard InChI is InChI=1S/C13H20N2O2/c1-2-8-15(9-10-16)13(17)6-5-12-4-3-7-14-11-12/h3-4,7,11,16H,2,5-6,8-10H2,1H3. The molecule has 0 radical (unpaired) electrons. The van der Waals surface area contributed by atoms with Gasteiger partial charge >= 0.3 is 0 Å². The molecule has 0 saturated heterocycles. The van der Waals surface area contributed by atoms with Crippen LogP contribution in [0.2, 0.25) is 0 Å². The Bertz CT molecular complexity index is 321. The molecule has 1 N–H and O–H groups in total. The number of hydrogen-bond acceptors (Lipinski definition) is 3. The van der Waals surface area contributed by atoms with Gasteiger partial charge in [-0.3, -0.25) is 9.78 Å². The third kappa shape index (κ3) is 4.95. The molecule has 0 atom stereocenters. The number of carbonyl (C=O) groups is 1. The zero-order valence-corrected chi connectivity index (χ0v) is 10.3. The van der Waals surface area contributed by atoms with Crippen LogP contribution < -0.4 is 0 Å². The Morgan fingerprint density at radius 2 is 2.29 bits per heavy atom. The van der Waals surface area contributed by atoms with E-state index in [-0.39, 0.29) is 12.5 Å². The molecule has 1 aromatic heterocycles. The Morgan fingerprint density at radius 3 is 2.88 bits per heavy atom. The minimum Gasteiger partial charge on any atom is -0.395 e. The molecular weight excluding hydrogens is 216 g/mol. The van der Waals surface area contributed by atoms with Crippen molar-refractivity contribution in [1.29, 1.82) is 0 Å². The van der Waals surface area contributed by atoms with Gasteiger partial charge in [0.1, 0.15) is 0 Å². The predicted molar refractivity (Wildman–Crippen MR) is 66.5 cm³/mol. The number of nitrogens with zero attached hydrogens (tertiary/aromatic N) is 2. The fraction of sp³-hybridized carbons (Fsp3) is 0.538. The number of aliphatic hydroxyl groups excluding tert-OH is 1. The molecule has 94 valence electrons. The minimum absolute atomic E-state index is 0.0264. The normalized spacial score (nSPS) is 10.2. The summed E-state index contributed by atoms with van der Waals surface area (Å²) < 4.78 is 0. The molecule has 0 unspecified atom stereocenters.